The van der Waals surface area contributed by atoms with Crippen molar-refractivity contribution in [3.63, 3.8) is 0 Å². The average molecular weight is 422 g/mol. The number of hydrogen-bond donors (Lipinski definition) is 0. The number of fused-ring (bicyclic) bond motifs is 1. The van der Waals surface area contributed by atoms with Crippen LogP contribution in [0.3, 0.4) is 0 Å². The Morgan fingerprint density at radius 1 is 1.10 bits per heavy atom. The van der Waals surface area contributed by atoms with Crippen LogP contribution in [0.2, 0.25) is 0 Å². The Balaban J connectivity index is 1.65. The third-order valence-electron chi connectivity index (χ3n) is 4.60. The smallest absolute Gasteiger partial charge is 0.353 e. The van der Waals surface area contributed by atoms with Gasteiger partial charge in [-0.2, -0.15) is 0 Å². The van der Waals surface area contributed by atoms with E-state index in [-0.39, 0.29) is 11.5 Å². The zero-order valence-electron chi connectivity index (χ0n) is 16.6. The topological polar surface area (TPSA) is 71.1 Å². The fourth-order valence-electron chi connectivity index (χ4n) is 3.26. The van der Waals surface area contributed by atoms with Crippen molar-refractivity contribution in [1.82, 2.24) is 0 Å². The van der Waals surface area contributed by atoms with Crippen LogP contribution in [0.15, 0.2) is 53.6 Å². The molecule has 152 valence electrons. The molecule has 2 heterocycles. The van der Waals surface area contributed by atoms with Gasteiger partial charge in [0.25, 0.3) is 0 Å². The lowest BCUT2D eigenvalue weighted by Gasteiger charge is -2.10. The van der Waals surface area contributed by atoms with Crippen molar-refractivity contribution in [2.75, 3.05) is 14.2 Å². The number of esters is 1. The van der Waals surface area contributed by atoms with Gasteiger partial charge in [0.15, 0.2) is 17.3 Å². The monoisotopic (exact) mass is 422 g/mol. The summed E-state index contributed by atoms with van der Waals surface area (Å²) in [7, 11) is 3.08. The minimum absolute atomic E-state index is 0.154. The summed E-state index contributed by atoms with van der Waals surface area (Å²) >= 11 is 1.30. The van der Waals surface area contributed by atoms with Crippen LogP contribution in [-0.2, 0) is 0 Å². The molecule has 0 fully saturated rings. The number of Topliss-reactive ketones (excluding diaryl/α,β-unsaturated/α-hetero) is 1. The first-order chi connectivity index (χ1) is 14.5. The second-order valence-electron chi connectivity index (χ2n) is 6.50. The van der Waals surface area contributed by atoms with E-state index in [0.29, 0.717) is 44.6 Å². The molecule has 0 aliphatic carbocycles. The van der Waals surface area contributed by atoms with Crippen LogP contribution in [0.25, 0.3) is 6.08 Å². The Labute approximate surface area is 177 Å². The molecule has 0 N–H and O–H groups in total. The van der Waals surface area contributed by atoms with Gasteiger partial charge in [0.2, 0.25) is 5.78 Å². The van der Waals surface area contributed by atoms with E-state index in [1.54, 1.807) is 68.0 Å². The van der Waals surface area contributed by atoms with Crippen molar-refractivity contribution >= 4 is 29.2 Å². The van der Waals surface area contributed by atoms with Crippen LogP contribution >= 0.6 is 11.3 Å². The first kappa shape index (κ1) is 19.7. The summed E-state index contributed by atoms with van der Waals surface area (Å²) < 4.78 is 22.0. The van der Waals surface area contributed by atoms with Crippen molar-refractivity contribution in [3.05, 3.63) is 75.2 Å². The van der Waals surface area contributed by atoms with Crippen molar-refractivity contribution < 1.29 is 28.5 Å². The summed E-state index contributed by atoms with van der Waals surface area (Å²) in [5.74, 6) is 1.17. The zero-order valence-corrected chi connectivity index (χ0v) is 17.4. The Morgan fingerprint density at radius 2 is 1.93 bits per heavy atom. The van der Waals surface area contributed by atoms with Crippen LogP contribution in [0.5, 0.6) is 23.0 Å². The number of aryl methyl sites for hydroxylation is 1. The maximum absolute atomic E-state index is 12.9. The third-order valence-corrected chi connectivity index (χ3v) is 5.45. The number of ether oxygens (including phenoxy) is 4. The van der Waals surface area contributed by atoms with Crippen LogP contribution in [0.4, 0.5) is 0 Å². The Bertz CT molecular complexity index is 1160. The summed E-state index contributed by atoms with van der Waals surface area (Å²) in [6.45, 7) is 1.78. The van der Waals surface area contributed by atoms with Crippen LogP contribution in [0.1, 0.15) is 31.2 Å². The SMILES string of the molecule is COc1cccc(/C=C2\Oc3cc(OC(=O)c4cccs4)cc(C)c3C2=O)c1OC. The fourth-order valence-corrected chi connectivity index (χ4v) is 3.85. The van der Waals surface area contributed by atoms with E-state index >= 15 is 0 Å². The normalized spacial score (nSPS) is 13.7. The van der Waals surface area contributed by atoms with Crippen LogP contribution in [0, 0.1) is 6.92 Å². The predicted octanol–water partition coefficient (Wildman–Crippen LogP) is 4.91. The van der Waals surface area contributed by atoms with Gasteiger partial charge in [-0.05, 0) is 42.1 Å². The van der Waals surface area contributed by atoms with Crippen LogP contribution in [-0.4, -0.2) is 26.0 Å². The third kappa shape index (κ3) is 3.55. The van der Waals surface area contributed by atoms with Crippen molar-refractivity contribution in [3.8, 4) is 23.0 Å². The maximum atomic E-state index is 12.9. The average Bonchev–Trinajstić information content (AvgIpc) is 3.37. The first-order valence-electron chi connectivity index (χ1n) is 9.07. The second kappa shape index (κ2) is 8.04. The van der Waals surface area contributed by atoms with Gasteiger partial charge in [-0.15, -0.1) is 11.3 Å². The molecular weight excluding hydrogens is 404 g/mol. The fraction of sp³-hybridized carbons (Fsp3) is 0.130. The van der Waals surface area contributed by atoms with Gasteiger partial charge in [-0.25, -0.2) is 4.79 Å². The zero-order chi connectivity index (χ0) is 21.3. The van der Waals surface area contributed by atoms with Gasteiger partial charge in [0, 0.05) is 11.6 Å². The van der Waals surface area contributed by atoms with Gasteiger partial charge in [-0.3, -0.25) is 4.79 Å². The number of ketones is 1. The van der Waals surface area contributed by atoms with Gasteiger partial charge >= 0.3 is 5.97 Å². The molecule has 4 rings (SSSR count). The molecule has 0 saturated carbocycles. The molecule has 1 aromatic heterocycles. The number of carbonyl (C=O) groups is 2. The largest absolute Gasteiger partial charge is 0.493 e. The maximum Gasteiger partial charge on any atom is 0.353 e. The van der Waals surface area contributed by atoms with Gasteiger partial charge in [0.1, 0.15) is 16.4 Å². The molecule has 1 aliphatic rings. The van der Waals surface area contributed by atoms with Gasteiger partial charge in [-0.1, -0.05) is 18.2 Å². The summed E-state index contributed by atoms with van der Waals surface area (Å²) in [5, 5.41) is 1.80. The van der Waals surface area contributed by atoms with Gasteiger partial charge in [0.05, 0.1) is 19.8 Å². The Morgan fingerprint density at radius 3 is 2.63 bits per heavy atom. The molecular formula is C23H18O6S. The highest BCUT2D eigenvalue weighted by molar-refractivity contribution is 7.12. The first-order valence-corrected chi connectivity index (χ1v) is 9.95. The molecule has 0 atom stereocenters. The number of para-hydroxylation sites is 1. The molecule has 3 aromatic rings. The molecule has 30 heavy (non-hydrogen) atoms. The van der Waals surface area contributed by atoms with Crippen molar-refractivity contribution in [2.45, 2.75) is 6.92 Å². The number of methoxy groups -OCH3 is 2. The lowest BCUT2D eigenvalue weighted by Crippen LogP contribution is -2.06. The van der Waals surface area contributed by atoms with E-state index in [1.165, 1.54) is 18.4 Å². The van der Waals surface area contributed by atoms with Crippen molar-refractivity contribution in [2.24, 2.45) is 0 Å². The molecule has 7 heteroatoms. The van der Waals surface area contributed by atoms with E-state index < -0.39 is 5.97 Å². The van der Waals surface area contributed by atoms with E-state index in [9.17, 15) is 9.59 Å². The second-order valence-corrected chi connectivity index (χ2v) is 7.45. The number of benzene rings is 2. The highest BCUT2D eigenvalue weighted by atomic mass is 32.1. The van der Waals surface area contributed by atoms with E-state index in [1.807, 2.05) is 0 Å². The molecule has 0 unspecified atom stereocenters. The molecule has 0 amide bonds. The van der Waals surface area contributed by atoms with Gasteiger partial charge < -0.3 is 18.9 Å². The lowest BCUT2D eigenvalue weighted by molar-refractivity contribution is 0.0739. The number of thiophene rings is 1. The standard InChI is InChI=1S/C23H18O6S/c1-13-10-15(28-23(25)19-8-5-9-30-19)12-17-20(13)21(24)18(29-17)11-14-6-4-7-16(26-2)22(14)27-3/h4-12H,1-3H3/b18-11-. The van der Waals surface area contributed by atoms with E-state index in [2.05, 4.69) is 0 Å². The highest BCUT2D eigenvalue weighted by Gasteiger charge is 2.31. The number of allylic oxidation sites excluding steroid dienone is 1. The summed E-state index contributed by atoms with van der Waals surface area (Å²) in [6.07, 6.45) is 1.61. The quantitative estimate of drug-likeness (QED) is 0.331. The van der Waals surface area contributed by atoms with Crippen molar-refractivity contribution in [1.29, 1.82) is 0 Å². The Hall–Kier alpha value is -3.58. The minimum Gasteiger partial charge on any atom is -0.493 e. The molecule has 2 aromatic carbocycles. The summed E-state index contributed by atoms with van der Waals surface area (Å²) in [4.78, 5) is 25.7. The van der Waals surface area contributed by atoms with E-state index in [0.717, 1.165) is 0 Å². The summed E-state index contributed by atoms with van der Waals surface area (Å²) in [5.41, 5.74) is 1.75. The molecule has 0 bridgehead atoms. The lowest BCUT2D eigenvalue weighted by atomic mass is 10.0. The molecule has 0 spiro atoms. The molecule has 0 saturated heterocycles. The predicted molar refractivity (Wildman–Crippen MR) is 113 cm³/mol. The minimum atomic E-state index is -0.453. The molecule has 0 radical (unpaired) electrons. The molecule has 6 nitrogen and oxygen atoms in total. The number of rotatable bonds is 5. The van der Waals surface area contributed by atoms with Crippen LogP contribution < -0.4 is 18.9 Å². The molecule has 1 aliphatic heterocycles. The summed E-state index contributed by atoms with van der Waals surface area (Å²) in [6, 6.07) is 12.0. The Kier molecular flexibility index (Phi) is 5.29. The number of carbonyl (C=O) groups excluding carboxylic acids is 2. The highest BCUT2D eigenvalue weighted by Crippen LogP contribution is 2.39. The number of hydrogen-bond acceptors (Lipinski definition) is 7. The van der Waals surface area contributed by atoms with E-state index in [4.69, 9.17) is 18.9 Å².